The van der Waals surface area contributed by atoms with Gasteiger partial charge in [-0.2, -0.15) is 0 Å². The summed E-state index contributed by atoms with van der Waals surface area (Å²) in [5.74, 6) is 2.72. The summed E-state index contributed by atoms with van der Waals surface area (Å²) in [6, 6.07) is 22.2. The van der Waals surface area contributed by atoms with Crippen LogP contribution in [0, 0.1) is 0 Å². The van der Waals surface area contributed by atoms with E-state index in [1.54, 1.807) is 0 Å². The summed E-state index contributed by atoms with van der Waals surface area (Å²) in [5.41, 5.74) is 2.81. The van der Waals surface area contributed by atoms with E-state index in [-0.39, 0.29) is 0 Å². The van der Waals surface area contributed by atoms with Gasteiger partial charge in [0.05, 0.1) is 0 Å². The van der Waals surface area contributed by atoms with Crippen molar-refractivity contribution < 1.29 is 0 Å². The molecule has 0 aliphatic carbocycles. The van der Waals surface area contributed by atoms with Crippen LogP contribution in [-0.2, 0) is 0 Å². The third kappa shape index (κ3) is 2.45. The fraction of sp³-hybridized carbons (Fsp3) is 0.250. The molecule has 1 saturated heterocycles. The van der Waals surface area contributed by atoms with Gasteiger partial charge in [-0.25, -0.2) is 0 Å². The number of nitrogens with one attached hydrogen (secondary N) is 1. The first-order valence-corrected chi connectivity index (χ1v) is 7.51. The minimum absolute atomic E-state index is 0.461. The highest BCUT2D eigenvalue weighted by atomic mass is 32.2. The molecule has 1 nitrogen and oxygen atoms in total. The number of hydrogen-bond acceptors (Lipinski definition) is 2. The largest absolute Gasteiger partial charge is 0.303 e. The number of benzene rings is 2. The van der Waals surface area contributed by atoms with Crippen LogP contribution < -0.4 is 5.32 Å². The second-order valence-corrected chi connectivity index (χ2v) is 5.66. The Kier molecular flexibility index (Phi) is 3.67. The van der Waals surface area contributed by atoms with Crippen molar-refractivity contribution >= 4 is 11.8 Å². The highest BCUT2D eigenvalue weighted by Gasteiger charge is 2.27. The summed E-state index contributed by atoms with van der Waals surface area (Å²) in [4.78, 5) is 0. The van der Waals surface area contributed by atoms with Gasteiger partial charge in [-0.3, -0.25) is 0 Å². The lowest BCUT2D eigenvalue weighted by molar-refractivity contribution is 0.565. The van der Waals surface area contributed by atoms with Gasteiger partial charge in [0, 0.05) is 23.6 Å². The highest BCUT2D eigenvalue weighted by Crippen LogP contribution is 2.31. The van der Waals surface area contributed by atoms with E-state index in [0.717, 1.165) is 5.88 Å². The molecule has 0 unspecified atom stereocenters. The molecular formula is C16H17NS. The molecule has 0 amide bonds. The first-order valence-electron chi connectivity index (χ1n) is 6.36. The van der Waals surface area contributed by atoms with Gasteiger partial charge in [-0.15, -0.1) is 11.8 Å². The van der Waals surface area contributed by atoms with Crippen LogP contribution in [0.3, 0.4) is 0 Å². The molecular weight excluding hydrogens is 238 g/mol. The third-order valence-electron chi connectivity index (χ3n) is 3.46. The number of hydrogen-bond donors (Lipinski definition) is 1. The van der Waals surface area contributed by atoms with Gasteiger partial charge in [-0.1, -0.05) is 60.7 Å². The zero-order valence-corrected chi connectivity index (χ0v) is 11.1. The minimum atomic E-state index is 0.461. The molecule has 1 heterocycles. The summed E-state index contributed by atoms with van der Waals surface area (Å²) in [7, 11) is 0. The van der Waals surface area contributed by atoms with Crippen LogP contribution in [-0.4, -0.2) is 17.7 Å². The van der Waals surface area contributed by atoms with Crippen molar-refractivity contribution in [1.29, 1.82) is 0 Å². The second kappa shape index (κ2) is 5.59. The molecule has 0 aromatic heterocycles. The quantitative estimate of drug-likeness (QED) is 0.901. The number of rotatable bonds is 3. The first kappa shape index (κ1) is 11.8. The number of thioether (sulfide) groups is 1. The molecule has 3 rings (SSSR count). The Morgan fingerprint density at radius 1 is 0.889 bits per heavy atom. The maximum absolute atomic E-state index is 3.62. The Balaban J connectivity index is 1.98. The van der Waals surface area contributed by atoms with Gasteiger partial charge in [0.15, 0.2) is 0 Å². The molecule has 1 aliphatic heterocycles. The lowest BCUT2D eigenvalue weighted by Gasteiger charge is -2.24. The Morgan fingerprint density at radius 3 is 1.89 bits per heavy atom. The normalized spacial score (nSPS) is 19.3. The van der Waals surface area contributed by atoms with Crippen molar-refractivity contribution in [1.82, 2.24) is 5.32 Å². The first-order chi connectivity index (χ1) is 8.95. The van der Waals surface area contributed by atoms with Gasteiger partial charge < -0.3 is 5.32 Å². The minimum Gasteiger partial charge on any atom is -0.303 e. The van der Waals surface area contributed by atoms with Crippen molar-refractivity contribution in [3.63, 3.8) is 0 Å². The molecule has 92 valence electrons. The van der Waals surface area contributed by atoms with Crippen LogP contribution in [0.4, 0.5) is 0 Å². The molecule has 0 spiro atoms. The smallest absolute Gasteiger partial charge is 0.0421 e. The molecule has 1 aliphatic rings. The predicted octanol–water partition coefficient (Wildman–Crippen LogP) is 3.48. The predicted molar refractivity (Wildman–Crippen MR) is 79.0 cm³/mol. The molecule has 0 saturated carbocycles. The maximum Gasteiger partial charge on any atom is 0.0421 e. The molecule has 2 heteroatoms. The van der Waals surface area contributed by atoms with Crippen LogP contribution >= 0.6 is 11.8 Å². The average Bonchev–Trinajstić information content (AvgIpc) is 2.95. The van der Waals surface area contributed by atoms with Crippen LogP contribution in [0.15, 0.2) is 60.7 Å². The van der Waals surface area contributed by atoms with Crippen molar-refractivity contribution in [2.24, 2.45) is 0 Å². The molecule has 1 N–H and O–H groups in total. The fourth-order valence-corrected chi connectivity index (χ4v) is 3.62. The summed E-state index contributed by atoms with van der Waals surface area (Å²) < 4.78 is 0. The molecule has 1 atom stereocenters. The Morgan fingerprint density at radius 2 is 1.44 bits per heavy atom. The van der Waals surface area contributed by atoms with Crippen LogP contribution in [0.5, 0.6) is 0 Å². The zero-order chi connectivity index (χ0) is 12.2. The lowest BCUT2D eigenvalue weighted by Crippen LogP contribution is -2.31. The van der Waals surface area contributed by atoms with E-state index in [0.29, 0.717) is 12.0 Å². The lowest BCUT2D eigenvalue weighted by atomic mass is 9.86. The van der Waals surface area contributed by atoms with Crippen molar-refractivity contribution in [3.8, 4) is 0 Å². The van der Waals surface area contributed by atoms with Crippen molar-refractivity contribution in [2.75, 3.05) is 11.6 Å². The van der Waals surface area contributed by atoms with Gasteiger partial charge in [0.1, 0.15) is 0 Å². The second-order valence-electron chi connectivity index (χ2n) is 4.62. The van der Waals surface area contributed by atoms with E-state index in [9.17, 15) is 0 Å². The fourth-order valence-electron chi connectivity index (χ4n) is 2.60. The van der Waals surface area contributed by atoms with E-state index in [1.165, 1.54) is 16.9 Å². The van der Waals surface area contributed by atoms with Crippen LogP contribution in [0.25, 0.3) is 0 Å². The molecule has 1 fully saturated rings. The summed E-state index contributed by atoms with van der Waals surface area (Å²) in [5, 5.41) is 3.62. The molecule has 0 radical (unpaired) electrons. The van der Waals surface area contributed by atoms with E-state index >= 15 is 0 Å². The van der Waals surface area contributed by atoms with Crippen LogP contribution in [0.1, 0.15) is 17.0 Å². The van der Waals surface area contributed by atoms with E-state index in [4.69, 9.17) is 0 Å². The van der Waals surface area contributed by atoms with Gasteiger partial charge in [0.2, 0.25) is 0 Å². The highest BCUT2D eigenvalue weighted by molar-refractivity contribution is 7.99. The zero-order valence-electron chi connectivity index (χ0n) is 10.3. The van der Waals surface area contributed by atoms with E-state index in [2.05, 4.69) is 66.0 Å². The Bertz CT molecular complexity index is 437. The summed E-state index contributed by atoms with van der Waals surface area (Å²) in [6.07, 6.45) is 0. The topological polar surface area (TPSA) is 12.0 Å². The third-order valence-corrected chi connectivity index (χ3v) is 4.43. The SMILES string of the molecule is c1ccc(C(c2ccccc2)[C@H]2CSCN2)cc1. The maximum atomic E-state index is 3.62. The Labute approximate surface area is 113 Å². The van der Waals surface area contributed by atoms with Gasteiger partial charge in [-0.05, 0) is 11.1 Å². The average molecular weight is 255 g/mol. The van der Waals surface area contributed by atoms with E-state index in [1.807, 2.05) is 11.8 Å². The van der Waals surface area contributed by atoms with Crippen LogP contribution in [0.2, 0.25) is 0 Å². The van der Waals surface area contributed by atoms with Gasteiger partial charge in [0.25, 0.3) is 0 Å². The summed E-state index contributed by atoms with van der Waals surface area (Å²) in [6.45, 7) is 0. The van der Waals surface area contributed by atoms with Crippen molar-refractivity contribution in [3.05, 3.63) is 71.8 Å². The molecule has 0 bridgehead atoms. The van der Waals surface area contributed by atoms with E-state index < -0.39 is 0 Å². The van der Waals surface area contributed by atoms with Gasteiger partial charge >= 0.3 is 0 Å². The van der Waals surface area contributed by atoms with Crippen molar-refractivity contribution in [2.45, 2.75) is 12.0 Å². The Hall–Kier alpha value is -1.25. The molecule has 18 heavy (non-hydrogen) atoms. The standard InChI is InChI=1S/C16H17NS/c1-3-7-13(8-4-1)16(15-11-18-12-17-15)14-9-5-2-6-10-14/h1-10,15-17H,11-12H2/t15-/m1/s1. The molecule has 2 aromatic rings. The summed E-state index contributed by atoms with van der Waals surface area (Å²) >= 11 is 1.99. The monoisotopic (exact) mass is 255 g/mol. The molecule has 2 aromatic carbocycles.